The highest BCUT2D eigenvalue weighted by molar-refractivity contribution is 5.86. The molecule has 0 saturated carbocycles. The molecule has 1 heterocycles. The van der Waals surface area contributed by atoms with Crippen LogP contribution in [-0.4, -0.2) is 107 Å². The number of likely N-dealkylation sites (tertiary alicyclic amines) is 1. The second-order valence-electron chi connectivity index (χ2n) is 9.16. The lowest BCUT2D eigenvalue weighted by molar-refractivity contribution is -0.138. The van der Waals surface area contributed by atoms with Gasteiger partial charge in [0.2, 0.25) is 0 Å². The molecule has 2 N–H and O–H groups in total. The largest absolute Gasteiger partial charge is 0.480 e. The van der Waals surface area contributed by atoms with Crippen LogP contribution in [0.25, 0.3) is 0 Å². The van der Waals surface area contributed by atoms with Crippen molar-refractivity contribution in [1.82, 2.24) is 14.7 Å². The molecule has 1 fully saturated rings. The van der Waals surface area contributed by atoms with E-state index in [-0.39, 0.29) is 31.1 Å². The molecule has 30 heavy (non-hydrogen) atoms. The van der Waals surface area contributed by atoms with Crippen LogP contribution in [0.1, 0.15) is 52.9 Å². The summed E-state index contributed by atoms with van der Waals surface area (Å²) in [6.45, 7) is 8.64. The van der Waals surface area contributed by atoms with Gasteiger partial charge in [-0.1, -0.05) is 26.7 Å². The van der Waals surface area contributed by atoms with Crippen LogP contribution < -0.4 is 0 Å². The van der Waals surface area contributed by atoms with Gasteiger partial charge in [-0.3, -0.25) is 29.1 Å². The first-order valence-corrected chi connectivity index (χ1v) is 11.1. The molecule has 1 aliphatic rings. The van der Waals surface area contributed by atoms with E-state index in [1.165, 1.54) is 0 Å². The lowest BCUT2D eigenvalue weighted by atomic mass is 9.89. The molecule has 0 aliphatic carbocycles. The van der Waals surface area contributed by atoms with E-state index in [1.807, 2.05) is 6.92 Å². The number of likely N-dealkylation sites (N-methyl/N-ethyl adjacent to an activating group) is 2. The van der Waals surface area contributed by atoms with Gasteiger partial charge in [0.1, 0.15) is 11.9 Å². The number of aliphatic hydroxyl groups is 1. The van der Waals surface area contributed by atoms with E-state index in [9.17, 15) is 19.5 Å². The van der Waals surface area contributed by atoms with Gasteiger partial charge in [-0.05, 0) is 46.3 Å². The molecule has 0 aromatic carbocycles. The number of ketones is 2. The average Bonchev–Trinajstić information content (AvgIpc) is 2.93. The highest BCUT2D eigenvalue weighted by Gasteiger charge is 2.43. The van der Waals surface area contributed by atoms with Crippen LogP contribution in [0.4, 0.5) is 0 Å². The Labute approximate surface area is 181 Å². The Morgan fingerprint density at radius 1 is 1.13 bits per heavy atom. The Kier molecular flexibility index (Phi) is 11.1. The van der Waals surface area contributed by atoms with Crippen LogP contribution in [0.15, 0.2) is 0 Å². The van der Waals surface area contributed by atoms with E-state index in [0.717, 1.165) is 25.8 Å². The number of aliphatic carboxylic acids is 1. The summed E-state index contributed by atoms with van der Waals surface area (Å²) >= 11 is 0. The van der Waals surface area contributed by atoms with E-state index in [0.29, 0.717) is 32.0 Å². The van der Waals surface area contributed by atoms with Gasteiger partial charge in [-0.25, -0.2) is 0 Å². The lowest BCUT2D eigenvalue weighted by Crippen LogP contribution is -2.47. The highest BCUT2D eigenvalue weighted by atomic mass is 16.4. The molecule has 0 spiro atoms. The van der Waals surface area contributed by atoms with Gasteiger partial charge in [0, 0.05) is 25.0 Å². The number of hydrogen-bond acceptors (Lipinski definition) is 7. The minimum Gasteiger partial charge on any atom is -0.480 e. The van der Waals surface area contributed by atoms with E-state index in [1.54, 1.807) is 23.9 Å². The molecule has 2 atom stereocenters. The first-order chi connectivity index (χ1) is 14.0. The second-order valence-corrected chi connectivity index (χ2v) is 9.16. The summed E-state index contributed by atoms with van der Waals surface area (Å²) in [6.07, 6.45) is 2.76. The van der Waals surface area contributed by atoms with E-state index in [2.05, 4.69) is 18.7 Å². The summed E-state index contributed by atoms with van der Waals surface area (Å²) in [4.78, 5) is 41.0. The molecule has 1 rings (SSSR count). The standard InChI is InChI=1S/C22H41N3O5/c1-6-17(7-2)8-9-25-14-18(26)12-22(25,3)13-19(27)20(28)15-23(4)10-11-24(5)16-21(29)30/h17,19,27H,6-16H2,1-5H3,(H,29,30)/t19-,22-/m1/s1. The van der Waals surface area contributed by atoms with Crippen molar-refractivity contribution in [3.05, 3.63) is 0 Å². The number of hydrogen-bond donors (Lipinski definition) is 2. The summed E-state index contributed by atoms with van der Waals surface area (Å²) < 4.78 is 0. The van der Waals surface area contributed by atoms with E-state index >= 15 is 0 Å². The molecule has 0 unspecified atom stereocenters. The third kappa shape index (κ3) is 8.79. The number of carbonyl (C=O) groups is 3. The second kappa shape index (κ2) is 12.5. The molecule has 0 aromatic rings. The van der Waals surface area contributed by atoms with Crippen molar-refractivity contribution in [3.63, 3.8) is 0 Å². The molecule has 0 amide bonds. The van der Waals surface area contributed by atoms with Gasteiger partial charge in [0.15, 0.2) is 5.78 Å². The number of nitrogens with zero attached hydrogens (tertiary/aromatic N) is 3. The molecule has 1 aliphatic heterocycles. The molecule has 0 radical (unpaired) electrons. The van der Waals surface area contributed by atoms with Crippen molar-refractivity contribution in [2.75, 3.05) is 53.4 Å². The van der Waals surface area contributed by atoms with Crippen LogP contribution in [-0.2, 0) is 14.4 Å². The summed E-state index contributed by atoms with van der Waals surface area (Å²) in [7, 11) is 3.49. The Morgan fingerprint density at radius 3 is 2.23 bits per heavy atom. The van der Waals surface area contributed by atoms with Gasteiger partial charge in [-0.15, -0.1) is 0 Å². The summed E-state index contributed by atoms with van der Waals surface area (Å²) in [5.41, 5.74) is -0.488. The van der Waals surface area contributed by atoms with Crippen LogP contribution in [0, 0.1) is 5.92 Å². The first kappa shape index (κ1) is 26.7. The van der Waals surface area contributed by atoms with E-state index < -0.39 is 17.6 Å². The SMILES string of the molecule is CCC(CC)CCN1CC(=O)C[C@]1(C)C[C@@H](O)C(=O)CN(C)CCN(C)CC(=O)O. The fourth-order valence-electron chi connectivity index (χ4n) is 4.21. The predicted molar refractivity (Wildman–Crippen MR) is 117 cm³/mol. The summed E-state index contributed by atoms with van der Waals surface area (Å²) in [5.74, 6) is -0.358. The maximum absolute atomic E-state index is 12.5. The van der Waals surface area contributed by atoms with Crippen molar-refractivity contribution in [3.8, 4) is 0 Å². The zero-order chi connectivity index (χ0) is 22.9. The number of rotatable bonds is 15. The first-order valence-electron chi connectivity index (χ1n) is 11.1. The third-order valence-corrected chi connectivity index (χ3v) is 6.37. The average molecular weight is 428 g/mol. The molecule has 8 heteroatoms. The normalized spacial score (nSPS) is 21.2. The zero-order valence-corrected chi connectivity index (χ0v) is 19.4. The van der Waals surface area contributed by atoms with Gasteiger partial charge < -0.3 is 10.2 Å². The van der Waals surface area contributed by atoms with Crippen molar-refractivity contribution in [2.24, 2.45) is 5.92 Å². The van der Waals surface area contributed by atoms with Gasteiger partial charge in [0.05, 0.1) is 19.6 Å². The van der Waals surface area contributed by atoms with Crippen molar-refractivity contribution in [1.29, 1.82) is 0 Å². The minimum absolute atomic E-state index is 0.0520. The maximum atomic E-state index is 12.5. The smallest absolute Gasteiger partial charge is 0.317 e. The quantitative estimate of drug-likeness (QED) is 0.401. The molecular weight excluding hydrogens is 386 g/mol. The number of carboxylic acids is 1. The van der Waals surface area contributed by atoms with Gasteiger partial charge in [0.25, 0.3) is 0 Å². The van der Waals surface area contributed by atoms with Crippen LogP contribution in [0.2, 0.25) is 0 Å². The number of aliphatic hydroxyl groups excluding tert-OH is 1. The third-order valence-electron chi connectivity index (χ3n) is 6.37. The molecule has 0 bridgehead atoms. The Bertz CT molecular complexity index is 581. The highest BCUT2D eigenvalue weighted by Crippen LogP contribution is 2.32. The fraction of sp³-hybridized carbons (Fsp3) is 0.864. The summed E-state index contributed by atoms with van der Waals surface area (Å²) in [6, 6.07) is 0. The van der Waals surface area contributed by atoms with Gasteiger partial charge in [-0.2, -0.15) is 0 Å². The predicted octanol–water partition coefficient (Wildman–Crippen LogP) is 1.11. The molecule has 8 nitrogen and oxygen atoms in total. The Hall–Kier alpha value is -1.35. The molecule has 1 saturated heterocycles. The van der Waals surface area contributed by atoms with E-state index in [4.69, 9.17) is 5.11 Å². The molecular formula is C22H41N3O5. The van der Waals surface area contributed by atoms with Crippen molar-refractivity contribution < 1.29 is 24.6 Å². The Balaban J connectivity index is 2.56. The number of carboxylic acid groups (broad SMARTS) is 1. The van der Waals surface area contributed by atoms with Gasteiger partial charge >= 0.3 is 5.97 Å². The summed E-state index contributed by atoms with van der Waals surface area (Å²) in [5, 5.41) is 19.4. The van der Waals surface area contributed by atoms with Crippen LogP contribution in [0.3, 0.4) is 0 Å². The molecule has 0 aromatic heterocycles. The van der Waals surface area contributed by atoms with Crippen molar-refractivity contribution in [2.45, 2.75) is 64.5 Å². The van der Waals surface area contributed by atoms with Crippen molar-refractivity contribution >= 4 is 17.5 Å². The molecule has 174 valence electrons. The topological polar surface area (TPSA) is 101 Å². The fourth-order valence-corrected chi connectivity index (χ4v) is 4.21. The minimum atomic E-state index is -1.12. The lowest BCUT2D eigenvalue weighted by Gasteiger charge is -2.36. The maximum Gasteiger partial charge on any atom is 0.317 e. The van der Waals surface area contributed by atoms with Crippen LogP contribution >= 0.6 is 0 Å². The Morgan fingerprint density at radius 2 is 1.70 bits per heavy atom. The number of carbonyl (C=O) groups excluding carboxylic acids is 2. The van der Waals surface area contributed by atoms with Crippen LogP contribution in [0.5, 0.6) is 0 Å². The zero-order valence-electron chi connectivity index (χ0n) is 19.4. The number of Topliss-reactive ketones (excluding diaryl/α,β-unsaturated/α-hetero) is 2. The monoisotopic (exact) mass is 427 g/mol.